The Bertz CT molecular complexity index is 967. The Labute approximate surface area is 149 Å². The molecule has 0 saturated carbocycles. The van der Waals surface area contributed by atoms with Gasteiger partial charge in [0.1, 0.15) is 11.6 Å². The molecule has 3 rings (SSSR count). The minimum atomic E-state index is -0.807. The molecule has 0 atom stereocenters. The smallest absolute Gasteiger partial charge is 0.260 e. The summed E-state index contributed by atoms with van der Waals surface area (Å²) in [6, 6.07) is 7.99. The zero-order valence-corrected chi connectivity index (χ0v) is 14.5. The molecule has 134 valence electrons. The van der Waals surface area contributed by atoms with Crippen LogP contribution in [0.1, 0.15) is 41.5 Å². The lowest BCUT2D eigenvalue weighted by Gasteiger charge is -2.12. The zero-order valence-electron chi connectivity index (χ0n) is 14.5. The number of halogens is 2. The Balaban J connectivity index is 1.99. The van der Waals surface area contributed by atoms with Gasteiger partial charge in [0, 0.05) is 5.92 Å². The minimum absolute atomic E-state index is 0.0803. The molecule has 0 radical (unpaired) electrons. The van der Waals surface area contributed by atoms with E-state index in [9.17, 15) is 13.6 Å². The van der Waals surface area contributed by atoms with Gasteiger partial charge in [-0.05, 0) is 36.8 Å². The first-order valence-corrected chi connectivity index (χ1v) is 8.07. The maximum absolute atomic E-state index is 13.9. The third-order valence-electron chi connectivity index (χ3n) is 3.87. The molecule has 7 heteroatoms. The Hall–Kier alpha value is -3.09. The number of aromatic nitrogens is 2. The molecule has 0 aliphatic rings. The lowest BCUT2D eigenvalue weighted by molar-refractivity contribution is 0.102. The van der Waals surface area contributed by atoms with E-state index < -0.39 is 17.5 Å². The molecule has 1 N–H and O–H groups in total. The van der Waals surface area contributed by atoms with Crippen LogP contribution in [0.3, 0.4) is 0 Å². The van der Waals surface area contributed by atoms with Gasteiger partial charge in [-0.25, -0.2) is 8.78 Å². The molecule has 0 fully saturated rings. The number of anilines is 1. The number of carbonyl (C=O) groups excluding carboxylic acids is 1. The van der Waals surface area contributed by atoms with Crippen LogP contribution >= 0.6 is 0 Å². The molecule has 0 aliphatic heterocycles. The predicted molar refractivity (Wildman–Crippen MR) is 92.9 cm³/mol. The normalized spacial score (nSPS) is 11.0. The molecule has 0 bridgehead atoms. The molecule has 2 aromatic carbocycles. The quantitative estimate of drug-likeness (QED) is 0.735. The third kappa shape index (κ3) is 3.46. The molecule has 1 amide bonds. The summed E-state index contributed by atoms with van der Waals surface area (Å²) in [6.07, 6.45) is 0. The molecule has 0 aliphatic carbocycles. The summed E-state index contributed by atoms with van der Waals surface area (Å²) in [6.45, 7) is 5.64. The van der Waals surface area contributed by atoms with Crippen LogP contribution in [-0.4, -0.2) is 16.0 Å². The second kappa shape index (κ2) is 7.03. The summed E-state index contributed by atoms with van der Waals surface area (Å²) in [5.41, 5.74) is 1.25. The van der Waals surface area contributed by atoms with E-state index in [2.05, 4.69) is 15.5 Å². The topological polar surface area (TPSA) is 68.0 Å². The number of nitrogens with zero attached hydrogens (tertiary/aromatic N) is 2. The highest BCUT2D eigenvalue weighted by Gasteiger charge is 2.20. The van der Waals surface area contributed by atoms with Crippen molar-refractivity contribution in [2.24, 2.45) is 0 Å². The van der Waals surface area contributed by atoms with Crippen LogP contribution in [0.4, 0.5) is 14.5 Å². The van der Waals surface area contributed by atoms with E-state index in [4.69, 9.17) is 4.52 Å². The molecule has 1 heterocycles. The fraction of sp³-hybridized carbons (Fsp3) is 0.211. The number of benzene rings is 2. The van der Waals surface area contributed by atoms with Crippen molar-refractivity contribution < 1.29 is 18.1 Å². The Morgan fingerprint density at radius 2 is 1.96 bits per heavy atom. The lowest BCUT2D eigenvalue weighted by Crippen LogP contribution is -2.15. The minimum Gasteiger partial charge on any atom is -0.334 e. The van der Waals surface area contributed by atoms with Gasteiger partial charge in [0.25, 0.3) is 11.8 Å². The summed E-state index contributed by atoms with van der Waals surface area (Å²) in [5.74, 6) is -1.40. The summed E-state index contributed by atoms with van der Waals surface area (Å²) < 4.78 is 32.5. The van der Waals surface area contributed by atoms with Crippen LogP contribution in [0, 0.1) is 18.6 Å². The van der Waals surface area contributed by atoms with Gasteiger partial charge in [-0.1, -0.05) is 31.1 Å². The van der Waals surface area contributed by atoms with Gasteiger partial charge >= 0.3 is 0 Å². The first kappa shape index (κ1) is 17.7. The Morgan fingerprint density at radius 3 is 2.65 bits per heavy atom. The first-order valence-electron chi connectivity index (χ1n) is 8.07. The van der Waals surface area contributed by atoms with Crippen molar-refractivity contribution in [2.75, 3.05) is 5.32 Å². The van der Waals surface area contributed by atoms with Crippen molar-refractivity contribution >= 4 is 11.6 Å². The average molecular weight is 357 g/mol. The number of para-hydroxylation sites is 1. The molecule has 0 unspecified atom stereocenters. The van der Waals surface area contributed by atoms with Gasteiger partial charge < -0.3 is 9.84 Å². The Morgan fingerprint density at radius 1 is 1.19 bits per heavy atom. The number of carbonyl (C=O) groups is 1. The monoisotopic (exact) mass is 357 g/mol. The van der Waals surface area contributed by atoms with Crippen LogP contribution in [0.25, 0.3) is 11.5 Å². The average Bonchev–Trinajstić information content (AvgIpc) is 3.09. The highest BCUT2D eigenvalue weighted by molar-refractivity contribution is 6.06. The van der Waals surface area contributed by atoms with Gasteiger partial charge in [-0.3, -0.25) is 4.79 Å². The molecule has 26 heavy (non-hydrogen) atoms. The highest BCUT2D eigenvalue weighted by Crippen LogP contribution is 2.31. The summed E-state index contributed by atoms with van der Waals surface area (Å²) in [5, 5.41) is 6.54. The highest BCUT2D eigenvalue weighted by atomic mass is 19.1. The van der Waals surface area contributed by atoms with E-state index in [-0.39, 0.29) is 17.4 Å². The molecular formula is C19H17F2N3O2. The van der Waals surface area contributed by atoms with Gasteiger partial charge in [0.2, 0.25) is 0 Å². The first-order chi connectivity index (χ1) is 12.4. The molecule has 0 saturated heterocycles. The number of nitrogens with one attached hydrogen (secondary N) is 1. The van der Waals surface area contributed by atoms with Crippen LogP contribution in [0.2, 0.25) is 0 Å². The maximum Gasteiger partial charge on any atom is 0.260 e. The number of amides is 1. The molecule has 5 nitrogen and oxygen atoms in total. The van der Waals surface area contributed by atoms with Crippen LogP contribution in [-0.2, 0) is 0 Å². The summed E-state index contributed by atoms with van der Waals surface area (Å²) in [7, 11) is 0. The molecule has 0 spiro atoms. The molecule has 3 aromatic rings. The van der Waals surface area contributed by atoms with Gasteiger partial charge in [0.15, 0.2) is 5.82 Å². The number of hydrogen-bond donors (Lipinski definition) is 1. The van der Waals surface area contributed by atoms with E-state index in [1.807, 2.05) is 13.8 Å². The van der Waals surface area contributed by atoms with Gasteiger partial charge in [0.05, 0.1) is 16.8 Å². The standard InChI is InChI=1S/C19H17F2N3O2/c1-10(2)17-23-19(26-24-17)13-6-4-5-11(3)16(13)22-18(25)14-9-12(20)7-8-15(14)21/h4-10H,1-3H3,(H,22,25). The fourth-order valence-electron chi connectivity index (χ4n) is 2.44. The van der Waals surface area contributed by atoms with Crippen LogP contribution in [0.5, 0.6) is 0 Å². The second-order valence-corrected chi connectivity index (χ2v) is 6.19. The van der Waals surface area contributed by atoms with E-state index >= 15 is 0 Å². The number of aryl methyl sites for hydroxylation is 1. The van der Waals surface area contributed by atoms with E-state index in [0.717, 1.165) is 23.8 Å². The lowest BCUT2D eigenvalue weighted by atomic mass is 10.1. The second-order valence-electron chi connectivity index (χ2n) is 6.19. The van der Waals surface area contributed by atoms with Gasteiger partial charge in [-0.15, -0.1) is 0 Å². The zero-order chi connectivity index (χ0) is 18.8. The van der Waals surface area contributed by atoms with E-state index in [0.29, 0.717) is 17.1 Å². The van der Waals surface area contributed by atoms with Crippen molar-refractivity contribution in [2.45, 2.75) is 26.7 Å². The fourth-order valence-corrected chi connectivity index (χ4v) is 2.44. The maximum atomic E-state index is 13.9. The van der Waals surface area contributed by atoms with Crippen LogP contribution < -0.4 is 5.32 Å². The molecule has 1 aromatic heterocycles. The third-order valence-corrected chi connectivity index (χ3v) is 3.87. The van der Waals surface area contributed by atoms with Crippen molar-refractivity contribution in [3.63, 3.8) is 0 Å². The Kier molecular flexibility index (Phi) is 4.79. The molecular weight excluding hydrogens is 340 g/mol. The number of hydrogen-bond acceptors (Lipinski definition) is 4. The van der Waals surface area contributed by atoms with Gasteiger partial charge in [-0.2, -0.15) is 4.98 Å². The van der Waals surface area contributed by atoms with Crippen molar-refractivity contribution in [1.82, 2.24) is 10.1 Å². The summed E-state index contributed by atoms with van der Waals surface area (Å²) >= 11 is 0. The SMILES string of the molecule is Cc1cccc(-c2nc(C(C)C)no2)c1NC(=O)c1cc(F)ccc1F. The van der Waals surface area contributed by atoms with Crippen molar-refractivity contribution in [3.8, 4) is 11.5 Å². The van der Waals surface area contributed by atoms with Crippen molar-refractivity contribution in [3.05, 3.63) is 65.0 Å². The van der Waals surface area contributed by atoms with E-state index in [1.54, 1.807) is 25.1 Å². The van der Waals surface area contributed by atoms with Crippen molar-refractivity contribution in [1.29, 1.82) is 0 Å². The van der Waals surface area contributed by atoms with E-state index in [1.165, 1.54) is 0 Å². The summed E-state index contributed by atoms with van der Waals surface area (Å²) in [4.78, 5) is 16.8. The largest absolute Gasteiger partial charge is 0.334 e. The van der Waals surface area contributed by atoms with Crippen LogP contribution in [0.15, 0.2) is 40.9 Å². The number of rotatable bonds is 4. The predicted octanol–water partition coefficient (Wildman–Crippen LogP) is 4.70.